The van der Waals surface area contributed by atoms with Gasteiger partial charge in [0, 0.05) is 26.6 Å². The smallest absolute Gasteiger partial charge is 0.303 e. The summed E-state index contributed by atoms with van der Waals surface area (Å²) in [5.74, 6) is -1.51. The van der Waals surface area contributed by atoms with Gasteiger partial charge in [0.1, 0.15) is 0 Å². The minimum atomic E-state index is -0.967. The molecule has 108 valence electrons. The van der Waals surface area contributed by atoms with Gasteiger partial charge in [0.15, 0.2) is 0 Å². The van der Waals surface area contributed by atoms with Gasteiger partial charge in [-0.2, -0.15) is 0 Å². The van der Waals surface area contributed by atoms with E-state index in [-0.39, 0.29) is 30.6 Å². The molecule has 7 nitrogen and oxygen atoms in total. The Morgan fingerprint density at radius 3 is 2.74 bits per heavy atom. The van der Waals surface area contributed by atoms with Crippen LogP contribution in [0.5, 0.6) is 0 Å². The van der Waals surface area contributed by atoms with Gasteiger partial charge in [-0.3, -0.25) is 14.4 Å². The Morgan fingerprint density at radius 1 is 1.47 bits per heavy atom. The van der Waals surface area contributed by atoms with E-state index in [0.717, 1.165) is 12.8 Å². The number of hydrogen-bond acceptors (Lipinski definition) is 4. The summed E-state index contributed by atoms with van der Waals surface area (Å²) < 4.78 is 0. The Labute approximate surface area is 112 Å². The van der Waals surface area contributed by atoms with E-state index in [4.69, 9.17) is 10.8 Å². The van der Waals surface area contributed by atoms with Crippen LogP contribution in [-0.4, -0.2) is 54.0 Å². The highest BCUT2D eigenvalue weighted by molar-refractivity contribution is 5.84. The van der Waals surface area contributed by atoms with Crippen molar-refractivity contribution in [2.45, 2.75) is 31.7 Å². The molecule has 1 saturated heterocycles. The van der Waals surface area contributed by atoms with Crippen molar-refractivity contribution in [2.24, 2.45) is 11.7 Å². The number of nitrogens with two attached hydrogens (primary N) is 1. The van der Waals surface area contributed by atoms with Crippen molar-refractivity contribution >= 4 is 17.8 Å². The van der Waals surface area contributed by atoms with Gasteiger partial charge in [0.2, 0.25) is 11.8 Å². The Kier molecular flexibility index (Phi) is 5.75. The molecule has 0 aromatic heterocycles. The zero-order chi connectivity index (χ0) is 14.4. The van der Waals surface area contributed by atoms with Crippen LogP contribution < -0.4 is 11.1 Å². The number of amides is 2. The summed E-state index contributed by atoms with van der Waals surface area (Å²) in [7, 11) is 1.57. The molecular weight excluding hydrogens is 250 g/mol. The zero-order valence-electron chi connectivity index (χ0n) is 11.1. The number of likely N-dealkylation sites (tertiary alicyclic amines) is 1. The fourth-order valence-corrected chi connectivity index (χ4v) is 2.23. The Hall–Kier alpha value is -1.63. The Balaban J connectivity index is 2.51. The normalized spacial score (nSPS) is 20.7. The van der Waals surface area contributed by atoms with Gasteiger partial charge >= 0.3 is 5.97 Å². The lowest BCUT2D eigenvalue weighted by atomic mass is 9.96. The van der Waals surface area contributed by atoms with E-state index in [0.29, 0.717) is 13.1 Å². The summed E-state index contributed by atoms with van der Waals surface area (Å²) >= 11 is 0. The number of nitrogens with zero attached hydrogens (tertiary/aromatic N) is 1. The summed E-state index contributed by atoms with van der Waals surface area (Å²) in [6, 6.07) is -0.806. The number of hydrogen-bond donors (Lipinski definition) is 3. The van der Waals surface area contributed by atoms with Crippen molar-refractivity contribution in [1.82, 2.24) is 10.2 Å². The highest BCUT2D eigenvalue weighted by atomic mass is 16.4. The fourth-order valence-electron chi connectivity index (χ4n) is 2.23. The SMILES string of the molecule is CNC(=O)C1CCCN(C(=O)C(N)CCC(=O)O)C1. The van der Waals surface area contributed by atoms with Crippen LogP contribution in [-0.2, 0) is 14.4 Å². The van der Waals surface area contributed by atoms with Crippen LogP contribution in [0.15, 0.2) is 0 Å². The molecule has 0 bridgehead atoms. The molecule has 1 rings (SSSR count). The van der Waals surface area contributed by atoms with Crippen molar-refractivity contribution < 1.29 is 19.5 Å². The van der Waals surface area contributed by atoms with Gasteiger partial charge in [-0.15, -0.1) is 0 Å². The maximum absolute atomic E-state index is 12.0. The monoisotopic (exact) mass is 271 g/mol. The van der Waals surface area contributed by atoms with Gasteiger partial charge < -0.3 is 21.1 Å². The average molecular weight is 271 g/mol. The quantitative estimate of drug-likeness (QED) is 0.603. The molecule has 2 unspecified atom stereocenters. The maximum Gasteiger partial charge on any atom is 0.303 e. The van der Waals surface area contributed by atoms with Crippen molar-refractivity contribution in [3.05, 3.63) is 0 Å². The van der Waals surface area contributed by atoms with Gasteiger partial charge in [-0.25, -0.2) is 0 Å². The number of carboxylic acids is 1. The minimum Gasteiger partial charge on any atom is -0.481 e. The van der Waals surface area contributed by atoms with Gasteiger partial charge in [0.25, 0.3) is 0 Å². The summed E-state index contributed by atoms with van der Waals surface area (Å²) in [5.41, 5.74) is 5.70. The van der Waals surface area contributed by atoms with E-state index in [1.165, 1.54) is 0 Å². The highest BCUT2D eigenvalue weighted by Gasteiger charge is 2.30. The number of nitrogens with one attached hydrogen (secondary N) is 1. The maximum atomic E-state index is 12.0. The van der Waals surface area contributed by atoms with Crippen molar-refractivity contribution in [2.75, 3.05) is 20.1 Å². The number of aliphatic carboxylic acids is 1. The topological polar surface area (TPSA) is 113 Å². The highest BCUT2D eigenvalue weighted by Crippen LogP contribution is 2.17. The number of carbonyl (C=O) groups excluding carboxylic acids is 2. The standard InChI is InChI=1S/C12H21N3O4/c1-14-11(18)8-3-2-6-15(7-8)12(19)9(13)4-5-10(16)17/h8-9H,2-7,13H2,1H3,(H,14,18)(H,16,17). The molecule has 0 aromatic carbocycles. The zero-order valence-corrected chi connectivity index (χ0v) is 11.1. The lowest BCUT2D eigenvalue weighted by Crippen LogP contribution is -2.50. The first-order valence-corrected chi connectivity index (χ1v) is 6.43. The number of piperidine rings is 1. The molecule has 0 spiro atoms. The van der Waals surface area contributed by atoms with Crippen molar-refractivity contribution in [3.63, 3.8) is 0 Å². The largest absolute Gasteiger partial charge is 0.481 e. The molecule has 0 saturated carbocycles. The number of rotatable bonds is 5. The summed E-state index contributed by atoms with van der Waals surface area (Å²) in [4.78, 5) is 35.6. The third-order valence-corrected chi connectivity index (χ3v) is 3.34. The number of carboxylic acid groups (broad SMARTS) is 1. The predicted molar refractivity (Wildman–Crippen MR) is 68.2 cm³/mol. The van der Waals surface area contributed by atoms with Crippen LogP contribution in [0.25, 0.3) is 0 Å². The Morgan fingerprint density at radius 2 is 2.16 bits per heavy atom. The molecule has 7 heteroatoms. The fraction of sp³-hybridized carbons (Fsp3) is 0.750. The van der Waals surface area contributed by atoms with Gasteiger partial charge in [-0.1, -0.05) is 0 Å². The molecule has 19 heavy (non-hydrogen) atoms. The second-order valence-electron chi connectivity index (χ2n) is 4.78. The van der Waals surface area contributed by atoms with Gasteiger partial charge in [-0.05, 0) is 19.3 Å². The van der Waals surface area contributed by atoms with E-state index in [1.54, 1.807) is 11.9 Å². The van der Waals surface area contributed by atoms with Crippen molar-refractivity contribution in [1.29, 1.82) is 0 Å². The van der Waals surface area contributed by atoms with E-state index in [9.17, 15) is 14.4 Å². The third-order valence-electron chi connectivity index (χ3n) is 3.34. The van der Waals surface area contributed by atoms with Crippen LogP contribution in [0.1, 0.15) is 25.7 Å². The van der Waals surface area contributed by atoms with Gasteiger partial charge in [0.05, 0.1) is 12.0 Å². The van der Waals surface area contributed by atoms with Crippen LogP contribution in [0, 0.1) is 5.92 Å². The summed E-state index contributed by atoms with van der Waals surface area (Å²) in [6.45, 7) is 0.937. The lowest BCUT2D eigenvalue weighted by molar-refractivity contribution is -0.138. The molecule has 1 aliphatic rings. The first-order chi connectivity index (χ1) is 8.95. The summed E-state index contributed by atoms with van der Waals surface area (Å²) in [6.07, 6.45) is 1.51. The van der Waals surface area contributed by atoms with E-state index in [1.807, 2.05) is 0 Å². The number of carbonyl (C=O) groups is 3. The van der Waals surface area contributed by atoms with Crippen LogP contribution >= 0.6 is 0 Å². The molecule has 1 heterocycles. The lowest BCUT2D eigenvalue weighted by Gasteiger charge is -2.33. The van der Waals surface area contributed by atoms with Crippen LogP contribution in [0.3, 0.4) is 0 Å². The molecule has 0 radical (unpaired) electrons. The third kappa shape index (κ3) is 4.51. The van der Waals surface area contributed by atoms with Crippen molar-refractivity contribution in [3.8, 4) is 0 Å². The van der Waals surface area contributed by atoms with E-state index >= 15 is 0 Å². The molecule has 4 N–H and O–H groups in total. The molecule has 2 atom stereocenters. The average Bonchev–Trinajstić information content (AvgIpc) is 2.43. The first kappa shape index (κ1) is 15.4. The van der Waals surface area contributed by atoms with Crippen LogP contribution in [0.4, 0.5) is 0 Å². The Bertz CT molecular complexity index is 359. The molecule has 2 amide bonds. The first-order valence-electron chi connectivity index (χ1n) is 6.43. The second kappa shape index (κ2) is 7.08. The molecule has 1 fully saturated rings. The predicted octanol–water partition coefficient (Wildman–Crippen LogP) is -0.837. The minimum absolute atomic E-state index is 0.0726. The summed E-state index contributed by atoms with van der Waals surface area (Å²) in [5, 5.41) is 11.1. The molecule has 0 aromatic rings. The molecule has 0 aliphatic carbocycles. The van der Waals surface area contributed by atoms with E-state index in [2.05, 4.69) is 5.32 Å². The second-order valence-corrected chi connectivity index (χ2v) is 4.78. The van der Waals surface area contributed by atoms with Crippen LogP contribution in [0.2, 0.25) is 0 Å². The van der Waals surface area contributed by atoms with E-state index < -0.39 is 12.0 Å². The molecule has 1 aliphatic heterocycles. The molecular formula is C12H21N3O4.